The largest absolute Gasteiger partial charge is 0.337 e. The molecule has 0 bridgehead atoms. The van der Waals surface area contributed by atoms with Crippen molar-refractivity contribution in [2.45, 2.75) is 25.8 Å². The van der Waals surface area contributed by atoms with Gasteiger partial charge in [-0.25, -0.2) is 9.37 Å². The van der Waals surface area contributed by atoms with Crippen molar-refractivity contribution in [3.05, 3.63) is 51.7 Å². The van der Waals surface area contributed by atoms with Gasteiger partial charge in [-0.2, -0.15) is 0 Å². The van der Waals surface area contributed by atoms with Crippen molar-refractivity contribution >= 4 is 42.1 Å². The van der Waals surface area contributed by atoms with Gasteiger partial charge >= 0.3 is 0 Å². The summed E-state index contributed by atoms with van der Waals surface area (Å²) < 4.78 is 12.9. The summed E-state index contributed by atoms with van der Waals surface area (Å²) >= 11 is 1.55. The third-order valence-electron chi connectivity index (χ3n) is 4.02. The van der Waals surface area contributed by atoms with Crippen LogP contribution >= 0.6 is 36.2 Å². The van der Waals surface area contributed by atoms with Crippen LogP contribution in [0.1, 0.15) is 23.2 Å². The average molecular weight is 406 g/mol. The molecule has 1 atom stereocenters. The normalized spacial score (nSPS) is 16.7. The van der Waals surface area contributed by atoms with E-state index in [2.05, 4.69) is 17.2 Å². The fourth-order valence-electron chi connectivity index (χ4n) is 2.76. The van der Waals surface area contributed by atoms with E-state index in [1.54, 1.807) is 23.5 Å². The Morgan fingerprint density at radius 1 is 1.36 bits per heavy atom. The van der Waals surface area contributed by atoms with Crippen LogP contribution in [0.4, 0.5) is 4.39 Å². The lowest BCUT2D eigenvalue weighted by atomic mass is 10.1. The molecule has 25 heavy (non-hydrogen) atoms. The van der Waals surface area contributed by atoms with Gasteiger partial charge < -0.3 is 10.2 Å². The zero-order valence-electron chi connectivity index (χ0n) is 13.9. The van der Waals surface area contributed by atoms with Crippen LogP contribution in [0.2, 0.25) is 0 Å². The van der Waals surface area contributed by atoms with Crippen molar-refractivity contribution in [2.75, 3.05) is 19.6 Å². The van der Waals surface area contributed by atoms with Gasteiger partial charge in [-0.3, -0.25) is 4.79 Å². The van der Waals surface area contributed by atoms with E-state index in [1.165, 1.54) is 12.1 Å². The molecular weight excluding hydrogens is 384 g/mol. The van der Waals surface area contributed by atoms with E-state index in [0.717, 1.165) is 35.9 Å². The maximum Gasteiger partial charge on any atom is 0.228 e. The zero-order chi connectivity index (χ0) is 16.2. The highest BCUT2D eigenvalue weighted by Gasteiger charge is 2.23. The van der Waals surface area contributed by atoms with Crippen LogP contribution in [0, 0.1) is 5.82 Å². The topological polar surface area (TPSA) is 45.2 Å². The Morgan fingerprint density at radius 3 is 2.76 bits per heavy atom. The summed E-state index contributed by atoms with van der Waals surface area (Å²) in [4.78, 5) is 18.9. The summed E-state index contributed by atoms with van der Waals surface area (Å²) in [5.41, 5.74) is 1.84. The second-order valence-electron chi connectivity index (χ2n) is 5.85. The molecule has 2 aromatic rings. The number of amides is 1. The van der Waals surface area contributed by atoms with Crippen molar-refractivity contribution in [1.82, 2.24) is 15.2 Å². The second kappa shape index (κ2) is 10.1. The fourth-order valence-corrected chi connectivity index (χ4v) is 3.58. The summed E-state index contributed by atoms with van der Waals surface area (Å²) in [6.45, 7) is 4.51. The summed E-state index contributed by atoms with van der Waals surface area (Å²) in [6.07, 6.45) is 1.02. The molecule has 0 saturated carbocycles. The van der Waals surface area contributed by atoms with Crippen LogP contribution in [0.15, 0.2) is 29.6 Å². The lowest BCUT2D eigenvalue weighted by Crippen LogP contribution is -2.52. The Kier molecular flexibility index (Phi) is 8.79. The highest BCUT2D eigenvalue weighted by atomic mass is 35.5. The summed E-state index contributed by atoms with van der Waals surface area (Å²) in [5, 5.41) is 6.18. The van der Waals surface area contributed by atoms with E-state index < -0.39 is 0 Å². The minimum absolute atomic E-state index is 0. The highest BCUT2D eigenvalue weighted by molar-refractivity contribution is 7.09. The Balaban J connectivity index is 0.00000156. The van der Waals surface area contributed by atoms with E-state index in [4.69, 9.17) is 0 Å². The third kappa shape index (κ3) is 5.92. The van der Waals surface area contributed by atoms with Crippen LogP contribution in [0.5, 0.6) is 0 Å². The molecule has 3 rings (SSSR count). The number of thiazole rings is 1. The lowest BCUT2D eigenvalue weighted by molar-refractivity contribution is -0.133. The number of halogens is 3. The van der Waals surface area contributed by atoms with Crippen LogP contribution in [0.25, 0.3) is 0 Å². The summed E-state index contributed by atoms with van der Waals surface area (Å²) in [7, 11) is 0. The molecule has 1 fully saturated rings. The zero-order valence-corrected chi connectivity index (χ0v) is 16.4. The second-order valence-corrected chi connectivity index (χ2v) is 6.80. The molecule has 1 amide bonds. The number of piperazine rings is 1. The van der Waals surface area contributed by atoms with Crippen molar-refractivity contribution in [3.8, 4) is 0 Å². The van der Waals surface area contributed by atoms with Gasteiger partial charge in [-0.1, -0.05) is 12.1 Å². The van der Waals surface area contributed by atoms with E-state index in [0.29, 0.717) is 12.8 Å². The number of hydrogen-bond acceptors (Lipinski definition) is 4. The number of aromatic nitrogens is 1. The van der Waals surface area contributed by atoms with Crippen molar-refractivity contribution in [2.24, 2.45) is 0 Å². The molecular formula is C17H22Cl2FN3OS. The fraction of sp³-hybridized carbons (Fsp3) is 0.412. The van der Waals surface area contributed by atoms with Gasteiger partial charge in [0.1, 0.15) is 5.82 Å². The van der Waals surface area contributed by atoms with Gasteiger partial charge in [0.05, 0.1) is 17.1 Å². The lowest BCUT2D eigenvalue weighted by Gasteiger charge is -2.33. The monoisotopic (exact) mass is 405 g/mol. The number of hydrogen-bond donors (Lipinski definition) is 1. The Hall–Kier alpha value is -1.21. The van der Waals surface area contributed by atoms with Crippen LogP contribution in [0.3, 0.4) is 0 Å². The first-order chi connectivity index (χ1) is 11.1. The van der Waals surface area contributed by atoms with Gasteiger partial charge in [0.25, 0.3) is 0 Å². The summed E-state index contributed by atoms with van der Waals surface area (Å²) in [6, 6.07) is 6.68. The third-order valence-corrected chi connectivity index (χ3v) is 4.92. The van der Waals surface area contributed by atoms with E-state index >= 15 is 0 Å². The predicted octanol–water partition coefficient (Wildman–Crippen LogP) is 3.08. The van der Waals surface area contributed by atoms with Crippen LogP contribution < -0.4 is 5.32 Å². The molecule has 0 aliphatic carbocycles. The number of carbonyl (C=O) groups excluding carboxylic acids is 1. The SMILES string of the molecule is C[C@@H]1CNCCN1C(=O)Cc1csc(Cc2ccc(F)cc2)n1.Cl.Cl. The first kappa shape index (κ1) is 21.8. The minimum Gasteiger partial charge on any atom is -0.337 e. The quantitative estimate of drug-likeness (QED) is 0.849. The number of carbonyl (C=O) groups is 1. The highest BCUT2D eigenvalue weighted by Crippen LogP contribution is 2.17. The molecule has 1 aliphatic heterocycles. The maximum atomic E-state index is 12.9. The van der Waals surface area contributed by atoms with E-state index in [9.17, 15) is 9.18 Å². The predicted molar refractivity (Wildman–Crippen MR) is 104 cm³/mol. The number of rotatable bonds is 4. The van der Waals surface area contributed by atoms with Gasteiger partial charge in [0.2, 0.25) is 5.91 Å². The first-order valence-electron chi connectivity index (χ1n) is 7.80. The molecule has 1 aromatic heterocycles. The van der Waals surface area contributed by atoms with Crippen LogP contribution in [-0.4, -0.2) is 41.5 Å². The molecule has 1 N–H and O–H groups in total. The van der Waals surface area contributed by atoms with Crippen LogP contribution in [-0.2, 0) is 17.6 Å². The van der Waals surface area contributed by atoms with E-state index in [1.807, 2.05) is 10.3 Å². The molecule has 0 unspecified atom stereocenters. The molecule has 138 valence electrons. The van der Waals surface area contributed by atoms with Crippen molar-refractivity contribution < 1.29 is 9.18 Å². The first-order valence-corrected chi connectivity index (χ1v) is 8.67. The Morgan fingerprint density at radius 2 is 2.08 bits per heavy atom. The number of nitrogens with one attached hydrogen (secondary N) is 1. The standard InChI is InChI=1S/C17H20FN3OS.2ClH/c1-12-10-19-6-7-21(12)17(22)9-15-11-23-16(20-15)8-13-2-4-14(18)5-3-13;;/h2-5,11-12,19H,6-10H2,1H3;2*1H/t12-;;/m1../s1. The number of nitrogens with zero attached hydrogens (tertiary/aromatic N) is 2. The Bertz CT molecular complexity index is 681. The summed E-state index contributed by atoms with van der Waals surface area (Å²) in [5.74, 6) is -0.0954. The smallest absolute Gasteiger partial charge is 0.228 e. The maximum absolute atomic E-state index is 12.9. The molecule has 0 spiro atoms. The van der Waals surface area contributed by atoms with Crippen molar-refractivity contribution in [1.29, 1.82) is 0 Å². The number of benzene rings is 1. The van der Waals surface area contributed by atoms with Gasteiger partial charge in [0, 0.05) is 37.5 Å². The van der Waals surface area contributed by atoms with Crippen molar-refractivity contribution in [3.63, 3.8) is 0 Å². The molecule has 2 heterocycles. The Labute approximate surface area is 163 Å². The molecule has 1 aromatic carbocycles. The molecule has 8 heteroatoms. The molecule has 0 radical (unpaired) electrons. The minimum atomic E-state index is -0.232. The van der Waals surface area contributed by atoms with E-state index in [-0.39, 0.29) is 42.6 Å². The van der Waals surface area contributed by atoms with Gasteiger partial charge in [0.15, 0.2) is 0 Å². The molecule has 1 aliphatic rings. The average Bonchev–Trinajstić information content (AvgIpc) is 2.97. The molecule has 4 nitrogen and oxygen atoms in total. The molecule has 1 saturated heterocycles. The van der Waals surface area contributed by atoms with Gasteiger partial charge in [-0.05, 0) is 24.6 Å². The van der Waals surface area contributed by atoms with Gasteiger partial charge in [-0.15, -0.1) is 36.2 Å².